The highest BCUT2D eigenvalue weighted by Gasteiger charge is 2.31. The summed E-state index contributed by atoms with van der Waals surface area (Å²) in [4.78, 5) is 31.4. The van der Waals surface area contributed by atoms with Crippen molar-refractivity contribution in [1.82, 2.24) is 14.7 Å². The van der Waals surface area contributed by atoms with Crippen molar-refractivity contribution in [2.75, 3.05) is 39.3 Å². The molecule has 2 aliphatic heterocycles. The van der Waals surface area contributed by atoms with Crippen molar-refractivity contribution in [3.63, 3.8) is 0 Å². The molecule has 0 bridgehead atoms. The number of amides is 2. The molecule has 7 heteroatoms. The molecule has 2 aliphatic rings. The summed E-state index contributed by atoms with van der Waals surface area (Å²) in [7, 11) is 0. The van der Waals surface area contributed by atoms with Crippen LogP contribution in [0, 0.1) is 5.82 Å². The smallest absolute Gasteiger partial charge is 0.260 e. The first kappa shape index (κ1) is 21.3. The average molecular weight is 426 g/mol. The predicted octanol–water partition coefficient (Wildman–Crippen LogP) is 2.32. The van der Waals surface area contributed by atoms with Crippen LogP contribution in [-0.4, -0.2) is 71.9 Å². The van der Waals surface area contributed by atoms with Crippen LogP contribution in [0.1, 0.15) is 18.1 Å². The van der Waals surface area contributed by atoms with Gasteiger partial charge in [0.2, 0.25) is 5.91 Å². The number of carbonyl (C=O) groups excluding carboxylic acids is 2. The van der Waals surface area contributed by atoms with Crippen molar-refractivity contribution < 1.29 is 18.7 Å². The first-order valence-electron chi connectivity index (χ1n) is 10.8. The van der Waals surface area contributed by atoms with Crippen LogP contribution in [0.5, 0.6) is 5.75 Å². The van der Waals surface area contributed by atoms with Gasteiger partial charge in [-0.25, -0.2) is 4.39 Å². The molecule has 2 heterocycles. The number of fused-ring (bicyclic) bond motifs is 1. The molecule has 0 saturated carbocycles. The average Bonchev–Trinajstić information content (AvgIpc) is 2.82. The summed E-state index contributed by atoms with van der Waals surface area (Å²) in [6.45, 7) is 5.72. The summed E-state index contributed by atoms with van der Waals surface area (Å²) in [6, 6.07) is 13.7. The lowest BCUT2D eigenvalue weighted by Crippen LogP contribution is -2.56. The van der Waals surface area contributed by atoms with Gasteiger partial charge in [0.05, 0.1) is 6.04 Å². The number of ether oxygens (including phenoxy) is 1. The van der Waals surface area contributed by atoms with Gasteiger partial charge in [-0.05, 0) is 48.7 Å². The summed E-state index contributed by atoms with van der Waals surface area (Å²) in [5.74, 6) is 0.174. The van der Waals surface area contributed by atoms with Crippen molar-refractivity contribution >= 4 is 11.8 Å². The molecule has 31 heavy (non-hydrogen) atoms. The normalized spacial score (nSPS) is 17.7. The van der Waals surface area contributed by atoms with Crippen molar-refractivity contribution in [2.45, 2.75) is 25.9 Å². The number of nitrogens with zero attached hydrogens (tertiary/aromatic N) is 3. The van der Waals surface area contributed by atoms with E-state index in [4.69, 9.17) is 4.74 Å². The lowest BCUT2D eigenvalue weighted by molar-refractivity contribution is -0.140. The Morgan fingerprint density at radius 1 is 0.935 bits per heavy atom. The minimum absolute atomic E-state index is 0.0761. The molecule has 0 aliphatic carbocycles. The first-order valence-corrected chi connectivity index (χ1v) is 10.8. The van der Waals surface area contributed by atoms with Gasteiger partial charge in [-0.15, -0.1) is 0 Å². The molecule has 2 amide bonds. The Morgan fingerprint density at radius 3 is 2.32 bits per heavy atom. The van der Waals surface area contributed by atoms with Crippen LogP contribution in [0.3, 0.4) is 0 Å². The van der Waals surface area contributed by atoms with Gasteiger partial charge in [0.1, 0.15) is 11.6 Å². The second-order valence-corrected chi connectivity index (χ2v) is 8.11. The second-order valence-electron chi connectivity index (χ2n) is 8.11. The van der Waals surface area contributed by atoms with Crippen LogP contribution in [0.4, 0.5) is 4.39 Å². The van der Waals surface area contributed by atoms with Gasteiger partial charge in [-0.1, -0.05) is 24.3 Å². The van der Waals surface area contributed by atoms with Gasteiger partial charge in [0.25, 0.3) is 5.91 Å². The van der Waals surface area contributed by atoms with Crippen LogP contribution in [-0.2, 0) is 22.6 Å². The van der Waals surface area contributed by atoms with E-state index in [1.54, 1.807) is 4.90 Å². The van der Waals surface area contributed by atoms with Crippen molar-refractivity contribution in [1.29, 1.82) is 0 Å². The van der Waals surface area contributed by atoms with Crippen molar-refractivity contribution in [2.24, 2.45) is 0 Å². The van der Waals surface area contributed by atoms with Gasteiger partial charge in [0.15, 0.2) is 6.61 Å². The Hall–Kier alpha value is -2.93. The minimum atomic E-state index is -0.341. The molecule has 0 spiro atoms. The molecule has 2 aromatic rings. The fourth-order valence-corrected chi connectivity index (χ4v) is 4.23. The highest BCUT2D eigenvalue weighted by atomic mass is 19.1. The topological polar surface area (TPSA) is 53.1 Å². The number of halogens is 1. The van der Waals surface area contributed by atoms with E-state index in [1.165, 1.54) is 35.4 Å². The van der Waals surface area contributed by atoms with Crippen molar-refractivity contribution in [3.8, 4) is 5.75 Å². The van der Waals surface area contributed by atoms with E-state index in [2.05, 4.69) is 17.0 Å². The van der Waals surface area contributed by atoms with E-state index in [0.29, 0.717) is 38.5 Å². The summed E-state index contributed by atoms with van der Waals surface area (Å²) < 4.78 is 18.4. The molecule has 1 fully saturated rings. The Bertz CT molecular complexity index is 926. The Kier molecular flexibility index (Phi) is 6.51. The number of hydrogen-bond donors (Lipinski definition) is 0. The minimum Gasteiger partial charge on any atom is -0.484 e. The Morgan fingerprint density at radius 2 is 1.61 bits per heavy atom. The van der Waals surface area contributed by atoms with E-state index in [1.807, 2.05) is 24.0 Å². The molecule has 1 atom stereocenters. The summed E-state index contributed by atoms with van der Waals surface area (Å²) in [6.07, 6.45) is 0.894. The third kappa shape index (κ3) is 5.05. The highest BCUT2D eigenvalue weighted by Crippen LogP contribution is 2.20. The number of hydrogen-bond acceptors (Lipinski definition) is 4. The van der Waals surface area contributed by atoms with Crippen LogP contribution in [0.2, 0.25) is 0 Å². The monoisotopic (exact) mass is 425 g/mol. The summed E-state index contributed by atoms with van der Waals surface area (Å²) in [5.41, 5.74) is 2.56. The zero-order valence-corrected chi connectivity index (χ0v) is 17.8. The number of rotatable bonds is 5. The van der Waals surface area contributed by atoms with E-state index < -0.39 is 0 Å². The standard InChI is InChI=1S/C24H28FN3O3/c1-18(24(30)28-11-10-19-4-2-3-5-20(19)16-28)26-12-14-27(15-13-26)23(29)17-31-22-8-6-21(25)7-9-22/h2-9,18H,10-17H2,1H3. The van der Waals surface area contributed by atoms with Crippen LogP contribution < -0.4 is 4.74 Å². The largest absolute Gasteiger partial charge is 0.484 e. The molecular formula is C24H28FN3O3. The Balaban J connectivity index is 1.25. The van der Waals surface area contributed by atoms with E-state index in [0.717, 1.165) is 13.0 Å². The van der Waals surface area contributed by atoms with E-state index >= 15 is 0 Å². The molecule has 2 aromatic carbocycles. The zero-order valence-electron chi connectivity index (χ0n) is 17.8. The van der Waals surface area contributed by atoms with E-state index in [-0.39, 0.29) is 30.3 Å². The SMILES string of the molecule is CC(C(=O)N1CCc2ccccc2C1)N1CCN(C(=O)COc2ccc(F)cc2)CC1. The fraction of sp³-hybridized carbons (Fsp3) is 0.417. The summed E-state index contributed by atoms with van der Waals surface area (Å²) in [5, 5.41) is 0. The predicted molar refractivity (Wildman–Crippen MR) is 115 cm³/mol. The lowest BCUT2D eigenvalue weighted by atomic mass is 9.99. The van der Waals surface area contributed by atoms with Gasteiger partial charge < -0.3 is 14.5 Å². The van der Waals surface area contributed by atoms with Crippen LogP contribution in [0.15, 0.2) is 48.5 Å². The van der Waals surface area contributed by atoms with Gasteiger partial charge in [0, 0.05) is 39.3 Å². The third-order valence-corrected chi connectivity index (χ3v) is 6.19. The number of piperazine rings is 1. The fourth-order valence-electron chi connectivity index (χ4n) is 4.23. The van der Waals surface area contributed by atoms with Gasteiger partial charge >= 0.3 is 0 Å². The van der Waals surface area contributed by atoms with Crippen LogP contribution >= 0.6 is 0 Å². The molecule has 1 unspecified atom stereocenters. The first-order chi connectivity index (χ1) is 15.0. The molecule has 0 N–H and O–H groups in total. The van der Waals surface area contributed by atoms with E-state index in [9.17, 15) is 14.0 Å². The maximum Gasteiger partial charge on any atom is 0.260 e. The Labute approximate surface area is 182 Å². The molecule has 0 aromatic heterocycles. The highest BCUT2D eigenvalue weighted by molar-refractivity contribution is 5.82. The maximum atomic E-state index is 13.1. The molecule has 164 valence electrons. The maximum absolute atomic E-state index is 13.1. The number of carbonyl (C=O) groups is 2. The molecule has 4 rings (SSSR count). The van der Waals surface area contributed by atoms with Crippen LogP contribution in [0.25, 0.3) is 0 Å². The summed E-state index contributed by atoms with van der Waals surface area (Å²) >= 11 is 0. The number of benzene rings is 2. The van der Waals surface area contributed by atoms with Crippen molar-refractivity contribution in [3.05, 3.63) is 65.5 Å². The second kappa shape index (κ2) is 9.47. The quantitative estimate of drug-likeness (QED) is 0.738. The zero-order chi connectivity index (χ0) is 21.8. The molecule has 6 nitrogen and oxygen atoms in total. The lowest BCUT2D eigenvalue weighted by Gasteiger charge is -2.39. The molecule has 1 saturated heterocycles. The van der Waals surface area contributed by atoms with Gasteiger partial charge in [-0.2, -0.15) is 0 Å². The third-order valence-electron chi connectivity index (χ3n) is 6.19. The van der Waals surface area contributed by atoms with Gasteiger partial charge in [-0.3, -0.25) is 14.5 Å². The molecule has 0 radical (unpaired) electrons. The molecular weight excluding hydrogens is 397 g/mol.